The van der Waals surface area contributed by atoms with E-state index in [-0.39, 0.29) is 10.5 Å². The normalized spacial score (nSPS) is 12.5. The van der Waals surface area contributed by atoms with E-state index in [1.165, 1.54) is 18.2 Å². The highest BCUT2D eigenvalue weighted by Crippen LogP contribution is 2.32. The first kappa shape index (κ1) is 17.4. The van der Waals surface area contributed by atoms with E-state index >= 15 is 0 Å². The summed E-state index contributed by atoms with van der Waals surface area (Å²) in [4.78, 5) is 13.2. The predicted octanol–water partition coefficient (Wildman–Crippen LogP) is 4.74. The number of carbonyl (C=O) groups is 1. The SMILES string of the molecule is O=C(c1cccc(Cl)c1)C(c1ccccc1)S(=O)(=O)c1ccccc1. The lowest BCUT2D eigenvalue weighted by molar-refractivity contribution is 0.0986. The van der Waals surface area contributed by atoms with E-state index < -0.39 is 20.9 Å². The lowest BCUT2D eigenvalue weighted by Crippen LogP contribution is -2.23. The largest absolute Gasteiger partial charge is 0.292 e. The van der Waals surface area contributed by atoms with Gasteiger partial charge < -0.3 is 0 Å². The van der Waals surface area contributed by atoms with Gasteiger partial charge in [0.2, 0.25) is 0 Å². The van der Waals surface area contributed by atoms with E-state index in [4.69, 9.17) is 11.6 Å². The average molecular weight is 371 g/mol. The third-order valence-corrected chi connectivity index (χ3v) is 6.10. The van der Waals surface area contributed by atoms with Crippen molar-refractivity contribution in [1.82, 2.24) is 0 Å². The Morgan fingerprint density at radius 3 is 2.00 bits per heavy atom. The Bertz CT molecular complexity index is 984. The van der Waals surface area contributed by atoms with E-state index in [1.807, 2.05) is 0 Å². The monoisotopic (exact) mass is 370 g/mol. The first-order valence-electron chi connectivity index (χ1n) is 7.64. The van der Waals surface area contributed by atoms with Crippen LogP contribution in [0.4, 0.5) is 0 Å². The third-order valence-electron chi connectivity index (χ3n) is 3.83. The number of benzene rings is 3. The summed E-state index contributed by atoms with van der Waals surface area (Å²) < 4.78 is 26.4. The second kappa shape index (κ2) is 7.21. The van der Waals surface area contributed by atoms with Crippen molar-refractivity contribution in [3.8, 4) is 0 Å². The zero-order valence-electron chi connectivity index (χ0n) is 13.2. The van der Waals surface area contributed by atoms with Crippen molar-refractivity contribution < 1.29 is 13.2 Å². The minimum Gasteiger partial charge on any atom is -0.292 e. The number of hydrogen-bond donors (Lipinski definition) is 0. The van der Waals surface area contributed by atoms with Crippen LogP contribution in [0, 0.1) is 0 Å². The zero-order chi connectivity index (χ0) is 17.9. The van der Waals surface area contributed by atoms with Gasteiger partial charge in [0.25, 0.3) is 0 Å². The predicted molar refractivity (Wildman–Crippen MR) is 98.6 cm³/mol. The number of ketones is 1. The highest BCUT2D eigenvalue weighted by Gasteiger charge is 2.35. The van der Waals surface area contributed by atoms with Crippen molar-refractivity contribution in [3.05, 3.63) is 101 Å². The van der Waals surface area contributed by atoms with Crippen LogP contribution in [-0.2, 0) is 9.84 Å². The van der Waals surface area contributed by atoms with Crippen molar-refractivity contribution in [2.24, 2.45) is 0 Å². The van der Waals surface area contributed by atoms with E-state index in [2.05, 4.69) is 0 Å². The number of rotatable bonds is 5. The van der Waals surface area contributed by atoms with Gasteiger partial charge in [0.05, 0.1) is 4.90 Å². The van der Waals surface area contributed by atoms with Gasteiger partial charge in [-0.05, 0) is 29.8 Å². The van der Waals surface area contributed by atoms with E-state index in [9.17, 15) is 13.2 Å². The van der Waals surface area contributed by atoms with Gasteiger partial charge in [-0.1, -0.05) is 72.3 Å². The minimum atomic E-state index is -3.91. The molecule has 0 spiro atoms. The van der Waals surface area contributed by atoms with Gasteiger partial charge in [-0.15, -0.1) is 0 Å². The fourth-order valence-corrected chi connectivity index (χ4v) is 4.57. The Labute approximate surface area is 151 Å². The van der Waals surface area contributed by atoms with Gasteiger partial charge in [-0.3, -0.25) is 4.79 Å². The molecule has 0 fully saturated rings. The molecule has 3 rings (SSSR count). The number of carbonyl (C=O) groups excluding carboxylic acids is 1. The van der Waals surface area contributed by atoms with Crippen LogP contribution >= 0.6 is 11.6 Å². The van der Waals surface area contributed by atoms with Crippen molar-refractivity contribution in [2.45, 2.75) is 10.1 Å². The topological polar surface area (TPSA) is 51.2 Å². The number of sulfone groups is 1. The molecule has 25 heavy (non-hydrogen) atoms. The maximum atomic E-state index is 13.2. The van der Waals surface area contributed by atoms with Crippen LogP contribution in [0.2, 0.25) is 5.02 Å². The number of halogens is 1. The molecule has 0 bridgehead atoms. The van der Waals surface area contributed by atoms with Crippen molar-refractivity contribution in [1.29, 1.82) is 0 Å². The Kier molecular flexibility index (Phi) is 5.02. The Hall–Kier alpha value is -2.43. The summed E-state index contributed by atoms with van der Waals surface area (Å²) in [5.74, 6) is -0.502. The summed E-state index contributed by atoms with van der Waals surface area (Å²) >= 11 is 5.97. The van der Waals surface area contributed by atoms with Crippen LogP contribution in [-0.4, -0.2) is 14.2 Å². The molecule has 0 saturated heterocycles. The van der Waals surface area contributed by atoms with Crippen LogP contribution in [0.3, 0.4) is 0 Å². The second-order valence-electron chi connectivity index (χ2n) is 5.52. The molecule has 0 aliphatic carbocycles. The van der Waals surface area contributed by atoms with Gasteiger partial charge in [-0.2, -0.15) is 0 Å². The molecule has 0 aliphatic rings. The van der Waals surface area contributed by atoms with Crippen molar-refractivity contribution >= 4 is 27.2 Å². The van der Waals surface area contributed by atoms with Gasteiger partial charge >= 0.3 is 0 Å². The first-order chi connectivity index (χ1) is 12.0. The Morgan fingerprint density at radius 1 is 0.800 bits per heavy atom. The Balaban J connectivity index is 2.16. The molecular formula is C20H15ClO3S. The standard InChI is InChI=1S/C20H15ClO3S/c21-17-11-7-10-16(14-17)19(22)20(15-8-3-1-4-9-15)25(23,24)18-12-5-2-6-13-18/h1-14,20H. The smallest absolute Gasteiger partial charge is 0.192 e. The van der Waals surface area contributed by atoms with Crippen molar-refractivity contribution in [2.75, 3.05) is 0 Å². The second-order valence-corrected chi connectivity index (χ2v) is 7.99. The summed E-state index contributed by atoms with van der Waals surface area (Å²) in [5.41, 5.74) is 0.692. The summed E-state index contributed by atoms with van der Waals surface area (Å²) in [6.45, 7) is 0. The fourth-order valence-electron chi connectivity index (χ4n) is 2.64. The molecule has 1 atom stereocenters. The lowest BCUT2D eigenvalue weighted by Gasteiger charge is -2.17. The highest BCUT2D eigenvalue weighted by atomic mass is 35.5. The van der Waals surface area contributed by atoms with Crippen LogP contribution in [0.1, 0.15) is 21.2 Å². The molecule has 126 valence electrons. The van der Waals surface area contributed by atoms with Crippen LogP contribution in [0.5, 0.6) is 0 Å². The highest BCUT2D eigenvalue weighted by molar-refractivity contribution is 7.92. The summed E-state index contributed by atoms with van der Waals surface area (Å²) in [6, 6.07) is 22.8. The molecule has 3 aromatic rings. The van der Waals surface area contributed by atoms with Crippen molar-refractivity contribution in [3.63, 3.8) is 0 Å². The lowest BCUT2D eigenvalue weighted by atomic mass is 10.0. The molecule has 0 heterocycles. The number of hydrogen-bond acceptors (Lipinski definition) is 3. The molecule has 3 aromatic carbocycles. The molecule has 0 radical (unpaired) electrons. The fraction of sp³-hybridized carbons (Fsp3) is 0.0500. The van der Waals surface area contributed by atoms with Crippen LogP contribution in [0.25, 0.3) is 0 Å². The molecule has 0 aromatic heterocycles. The molecule has 1 unspecified atom stereocenters. The summed E-state index contributed by atoms with van der Waals surface area (Å²) in [5, 5.41) is -0.940. The quantitative estimate of drug-likeness (QED) is 0.609. The van der Waals surface area contributed by atoms with Gasteiger partial charge in [-0.25, -0.2) is 8.42 Å². The molecule has 0 amide bonds. The van der Waals surface area contributed by atoms with E-state index in [0.29, 0.717) is 10.6 Å². The molecule has 3 nitrogen and oxygen atoms in total. The molecular weight excluding hydrogens is 356 g/mol. The molecule has 0 N–H and O–H groups in total. The average Bonchev–Trinajstić information content (AvgIpc) is 2.63. The van der Waals surface area contributed by atoms with E-state index in [1.54, 1.807) is 66.7 Å². The molecule has 0 aliphatic heterocycles. The summed E-state index contributed by atoms with van der Waals surface area (Å²) in [7, 11) is -3.91. The third kappa shape index (κ3) is 3.65. The van der Waals surface area contributed by atoms with E-state index in [0.717, 1.165) is 0 Å². The summed E-state index contributed by atoms with van der Waals surface area (Å²) in [6.07, 6.45) is 0. The van der Waals surface area contributed by atoms with Crippen LogP contribution in [0.15, 0.2) is 89.8 Å². The van der Waals surface area contributed by atoms with Gasteiger partial charge in [0, 0.05) is 10.6 Å². The van der Waals surface area contributed by atoms with Crippen LogP contribution < -0.4 is 0 Å². The molecule has 5 heteroatoms. The number of Topliss-reactive ketones (excluding diaryl/α,β-unsaturated/α-hetero) is 1. The maximum Gasteiger partial charge on any atom is 0.192 e. The van der Waals surface area contributed by atoms with Gasteiger partial charge in [0.15, 0.2) is 20.9 Å². The van der Waals surface area contributed by atoms with Gasteiger partial charge in [0.1, 0.15) is 0 Å². The molecule has 0 saturated carbocycles. The first-order valence-corrected chi connectivity index (χ1v) is 9.56. The zero-order valence-corrected chi connectivity index (χ0v) is 14.7. The Morgan fingerprint density at radius 2 is 1.40 bits per heavy atom. The maximum absolute atomic E-state index is 13.2. The minimum absolute atomic E-state index is 0.110.